The Morgan fingerprint density at radius 1 is 0.906 bits per heavy atom. The lowest BCUT2D eigenvalue weighted by Crippen LogP contribution is -2.15. The van der Waals surface area contributed by atoms with Crippen LogP contribution in [0.15, 0.2) is 60.7 Å². The lowest BCUT2D eigenvalue weighted by molar-refractivity contribution is -0.115. The molecule has 0 saturated heterocycles. The van der Waals surface area contributed by atoms with Gasteiger partial charge in [0.1, 0.15) is 0 Å². The summed E-state index contributed by atoms with van der Waals surface area (Å²) < 4.78 is 4.77. The third-order valence-electron chi connectivity index (χ3n) is 5.14. The van der Waals surface area contributed by atoms with E-state index in [2.05, 4.69) is 18.3 Å². The summed E-state index contributed by atoms with van der Waals surface area (Å²) in [5.74, 6) is -0.537. The highest BCUT2D eigenvalue weighted by Gasteiger charge is 2.13. The predicted molar refractivity (Wildman–Crippen MR) is 131 cm³/mol. The van der Waals surface area contributed by atoms with Gasteiger partial charge in [0, 0.05) is 11.3 Å². The van der Waals surface area contributed by atoms with Crippen LogP contribution in [0.5, 0.6) is 0 Å². The maximum atomic E-state index is 12.8. The van der Waals surface area contributed by atoms with E-state index in [0.29, 0.717) is 15.6 Å². The molecule has 0 saturated carbocycles. The van der Waals surface area contributed by atoms with E-state index in [0.717, 1.165) is 47.2 Å². The van der Waals surface area contributed by atoms with E-state index in [9.17, 15) is 9.59 Å². The summed E-state index contributed by atoms with van der Waals surface area (Å²) in [6.45, 7) is 2.15. The van der Waals surface area contributed by atoms with E-state index in [1.165, 1.54) is 7.11 Å². The molecular formula is C26H25Cl2NO3. The molecule has 0 atom stereocenters. The Morgan fingerprint density at radius 2 is 1.62 bits per heavy atom. The molecule has 0 radical (unpaired) electrons. The van der Waals surface area contributed by atoms with E-state index in [-0.39, 0.29) is 18.3 Å². The Morgan fingerprint density at radius 3 is 2.28 bits per heavy atom. The summed E-state index contributed by atoms with van der Waals surface area (Å²) in [6, 6.07) is 18.4. The minimum Gasteiger partial charge on any atom is -0.465 e. The topological polar surface area (TPSA) is 55.4 Å². The number of esters is 1. The van der Waals surface area contributed by atoms with Gasteiger partial charge in [0.05, 0.1) is 29.1 Å². The number of carbonyl (C=O) groups is 2. The largest absolute Gasteiger partial charge is 0.465 e. The highest BCUT2D eigenvalue weighted by molar-refractivity contribution is 6.42. The van der Waals surface area contributed by atoms with Crippen LogP contribution in [-0.4, -0.2) is 19.0 Å². The highest BCUT2D eigenvalue weighted by atomic mass is 35.5. The fourth-order valence-corrected chi connectivity index (χ4v) is 3.74. The molecule has 32 heavy (non-hydrogen) atoms. The first-order chi connectivity index (χ1) is 15.4. The smallest absolute Gasteiger partial charge is 0.337 e. The van der Waals surface area contributed by atoms with E-state index in [4.69, 9.17) is 27.9 Å². The third kappa shape index (κ3) is 6.12. The van der Waals surface area contributed by atoms with Crippen LogP contribution in [-0.2, 0) is 22.4 Å². The summed E-state index contributed by atoms with van der Waals surface area (Å²) in [7, 11) is 1.35. The number of methoxy groups -OCH3 is 1. The Labute approximate surface area is 198 Å². The first-order valence-electron chi connectivity index (χ1n) is 10.5. The summed E-state index contributed by atoms with van der Waals surface area (Å²) in [6.07, 6.45) is 3.28. The van der Waals surface area contributed by atoms with Gasteiger partial charge in [0.15, 0.2) is 0 Å². The zero-order valence-electron chi connectivity index (χ0n) is 18.1. The van der Waals surface area contributed by atoms with E-state index < -0.39 is 0 Å². The van der Waals surface area contributed by atoms with Crippen LogP contribution in [0.2, 0.25) is 10.0 Å². The van der Waals surface area contributed by atoms with Crippen molar-refractivity contribution in [3.63, 3.8) is 0 Å². The molecule has 3 rings (SSSR count). The number of aryl methyl sites for hydroxylation is 1. The lowest BCUT2D eigenvalue weighted by atomic mass is 9.98. The summed E-state index contributed by atoms with van der Waals surface area (Å²) >= 11 is 12.1. The molecule has 0 fully saturated rings. The van der Waals surface area contributed by atoms with Crippen LogP contribution < -0.4 is 5.32 Å². The maximum absolute atomic E-state index is 12.8. The number of carbonyl (C=O) groups excluding carboxylic acids is 2. The first kappa shape index (κ1) is 23.8. The Balaban J connectivity index is 1.88. The van der Waals surface area contributed by atoms with Gasteiger partial charge < -0.3 is 10.1 Å². The number of ether oxygens (including phenoxy) is 1. The lowest BCUT2D eigenvalue weighted by Gasteiger charge is -2.14. The summed E-state index contributed by atoms with van der Waals surface area (Å²) in [5, 5.41) is 3.93. The van der Waals surface area contributed by atoms with Crippen LogP contribution in [0.25, 0.3) is 11.1 Å². The second kappa shape index (κ2) is 11.2. The number of rotatable bonds is 8. The van der Waals surface area contributed by atoms with Crippen molar-refractivity contribution < 1.29 is 14.3 Å². The van der Waals surface area contributed by atoms with E-state index in [1.54, 1.807) is 30.3 Å². The van der Waals surface area contributed by atoms with Crippen LogP contribution >= 0.6 is 23.2 Å². The van der Waals surface area contributed by atoms with Crippen molar-refractivity contribution in [2.45, 2.75) is 32.6 Å². The molecule has 1 amide bonds. The van der Waals surface area contributed by atoms with E-state index in [1.807, 2.05) is 24.3 Å². The van der Waals surface area contributed by atoms with Crippen molar-refractivity contribution in [1.29, 1.82) is 0 Å². The second-order valence-corrected chi connectivity index (χ2v) is 8.34. The zero-order valence-corrected chi connectivity index (χ0v) is 19.6. The van der Waals surface area contributed by atoms with Gasteiger partial charge in [0.2, 0.25) is 5.91 Å². The Hall–Kier alpha value is -2.82. The normalized spacial score (nSPS) is 10.6. The Bertz CT molecular complexity index is 1110. The number of anilines is 1. The molecule has 4 nitrogen and oxygen atoms in total. The number of amides is 1. The SMILES string of the molecule is CCCCc1ccc(-c2ccc(C(=O)OC)cc2)c(NC(=O)Cc2ccc(Cl)c(Cl)c2)c1. The maximum Gasteiger partial charge on any atom is 0.337 e. The van der Waals surface area contributed by atoms with Crippen LogP contribution in [0.3, 0.4) is 0 Å². The van der Waals surface area contributed by atoms with Crippen molar-refractivity contribution in [3.05, 3.63) is 87.4 Å². The molecule has 0 spiro atoms. The molecule has 3 aromatic rings. The molecule has 0 aliphatic carbocycles. The second-order valence-electron chi connectivity index (χ2n) is 7.53. The van der Waals surface area contributed by atoms with Gasteiger partial charge in [-0.15, -0.1) is 0 Å². The van der Waals surface area contributed by atoms with E-state index >= 15 is 0 Å². The van der Waals surface area contributed by atoms with Gasteiger partial charge >= 0.3 is 5.97 Å². The van der Waals surface area contributed by atoms with Crippen molar-refractivity contribution in [3.8, 4) is 11.1 Å². The Kier molecular flexibility index (Phi) is 8.32. The monoisotopic (exact) mass is 469 g/mol. The number of unbranched alkanes of at least 4 members (excludes halogenated alkanes) is 1. The highest BCUT2D eigenvalue weighted by Crippen LogP contribution is 2.30. The van der Waals surface area contributed by atoms with Gasteiger partial charge in [-0.1, -0.05) is 66.9 Å². The number of benzene rings is 3. The molecule has 0 aromatic heterocycles. The molecule has 0 aliphatic heterocycles. The average Bonchev–Trinajstić information content (AvgIpc) is 2.80. The van der Waals surface area contributed by atoms with Crippen molar-refractivity contribution in [2.24, 2.45) is 0 Å². The molecule has 6 heteroatoms. The number of hydrogen-bond donors (Lipinski definition) is 1. The van der Waals surface area contributed by atoms with Crippen molar-refractivity contribution >= 4 is 40.8 Å². The van der Waals surface area contributed by atoms with Crippen LogP contribution in [0, 0.1) is 0 Å². The van der Waals surface area contributed by atoms with Crippen LogP contribution in [0.1, 0.15) is 41.3 Å². The van der Waals surface area contributed by atoms with Gasteiger partial charge in [-0.25, -0.2) is 4.79 Å². The number of nitrogens with one attached hydrogen (secondary N) is 1. The first-order valence-corrected chi connectivity index (χ1v) is 11.2. The standard InChI is InChI=1S/C26H25Cl2NO3/c1-3-4-5-17-6-12-21(19-8-10-20(11-9-19)26(31)32-2)24(15-17)29-25(30)16-18-7-13-22(27)23(28)14-18/h6-15H,3-5,16H2,1-2H3,(H,29,30). The summed E-state index contributed by atoms with van der Waals surface area (Å²) in [5.41, 5.74) is 4.92. The number of hydrogen-bond acceptors (Lipinski definition) is 3. The molecule has 0 heterocycles. The van der Waals surface area contributed by atoms with Crippen molar-refractivity contribution in [2.75, 3.05) is 12.4 Å². The van der Waals surface area contributed by atoms with Gasteiger partial charge in [-0.2, -0.15) is 0 Å². The van der Waals surface area contributed by atoms with Gasteiger partial charge in [0.25, 0.3) is 0 Å². The van der Waals surface area contributed by atoms with Gasteiger partial charge in [-0.05, 0) is 59.9 Å². The molecule has 1 N–H and O–H groups in total. The third-order valence-corrected chi connectivity index (χ3v) is 5.88. The molecule has 3 aromatic carbocycles. The zero-order chi connectivity index (χ0) is 23.1. The number of halogens is 2. The van der Waals surface area contributed by atoms with Crippen molar-refractivity contribution in [1.82, 2.24) is 0 Å². The quantitative estimate of drug-likeness (QED) is 0.362. The minimum atomic E-state index is -0.387. The fraction of sp³-hybridized carbons (Fsp3) is 0.231. The molecule has 166 valence electrons. The minimum absolute atomic E-state index is 0.150. The molecule has 0 bridgehead atoms. The molecular weight excluding hydrogens is 445 g/mol. The van der Waals surface area contributed by atoms with Crippen LogP contribution in [0.4, 0.5) is 5.69 Å². The average molecular weight is 470 g/mol. The van der Waals surface area contributed by atoms with Gasteiger partial charge in [-0.3, -0.25) is 4.79 Å². The fourth-order valence-electron chi connectivity index (χ4n) is 3.42. The summed E-state index contributed by atoms with van der Waals surface area (Å²) in [4.78, 5) is 24.6. The molecule has 0 aliphatic rings. The predicted octanol–water partition coefficient (Wildman–Crippen LogP) is 6.97. The molecule has 0 unspecified atom stereocenters.